The molecular weight excluding hydrogens is 258 g/mol. The summed E-state index contributed by atoms with van der Waals surface area (Å²) in [4.78, 5) is 11.9. The smallest absolute Gasteiger partial charge is 0.230 e. The summed E-state index contributed by atoms with van der Waals surface area (Å²) < 4.78 is 0. The van der Waals surface area contributed by atoms with E-state index in [1.807, 2.05) is 44.2 Å². The molecule has 0 aromatic heterocycles. The van der Waals surface area contributed by atoms with E-state index in [0.717, 1.165) is 5.75 Å². The number of amides is 1. The fraction of sp³-hybridized carbons (Fsp3) is 0.533. The second kappa shape index (κ2) is 6.44. The molecule has 1 aromatic carbocycles. The van der Waals surface area contributed by atoms with Gasteiger partial charge in [-0.3, -0.25) is 4.79 Å². The predicted octanol–water partition coefficient (Wildman–Crippen LogP) is 2.59. The highest BCUT2D eigenvalue weighted by Gasteiger charge is 2.36. The van der Waals surface area contributed by atoms with Gasteiger partial charge in [0.2, 0.25) is 5.91 Å². The summed E-state index contributed by atoms with van der Waals surface area (Å²) in [6.07, 6.45) is 0. The predicted molar refractivity (Wildman–Crippen MR) is 81.1 cm³/mol. The zero-order valence-corrected chi connectivity index (χ0v) is 12.9. The van der Waals surface area contributed by atoms with Gasteiger partial charge < -0.3 is 10.4 Å². The molecule has 0 radical (unpaired) electrons. The maximum absolute atomic E-state index is 11.9. The van der Waals surface area contributed by atoms with E-state index in [0.29, 0.717) is 5.75 Å². The Morgan fingerprint density at radius 3 is 2.32 bits per heavy atom. The number of hydrogen-bond donors (Lipinski definition) is 2. The summed E-state index contributed by atoms with van der Waals surface area (Å²) in [5.41, 5.74) is -0.383. The van der Waals surface area contributed by atoms with Crippen molar-refractivity contribution in [2.24, 2.45) is 0 Å². The highest BCUT2D eigenvalue weighted by atomic mass is 32.2. The molecule has 0 spiro atoms. The summed E-state index contributed by atoms with van der Waals surface area (Å²) in [5.74, 6) is 1.17. The highest BCUT2D eigenvalue weighted by molar-refractivity contribution is 7.99. The molecule has 3 nitrogen and oxygen atoms in total. The molecule has 19 heavy (non-hydrogen) atoms. The number of carbonyl (C=O) groups excluding carboxylic acids is 1. The fourth-order valence-corrected chi connectivity index (χ4v) is 2.16. The third-order valence-corrected chi connectivity index (χ3v) is 4.33. The Labute approximate surface area is 119 Å². The molecule has 0 bridgehead atoms. The first-order chi connectivity index (χ1) is 8.72. The molecule has 0 fully saturated rings. The number of benzene rings is 1. The van der Waals surface area contributed by atoms with Crippen LogP contribution in [-0.2, 0) is 10.5 Å². The monoisotopic (exact) mass is 281 g/mol. The Kier molecular flexibility index (Phi) is 5.44. The van der Waals surface area contributed by atoms with Crippen molar-refractivity contribution in [3.63, 3.8) is 0 Å². The highest BCUT2D eigenvalue weighted by Crippen LogP contribution is 2.21. The topological polar surface area (TPSA) is 49.3 Å². The van der Waals surface area contributed by atoms with Crippen LogP contribution in [0.15, 0.2) is 30.3 Å². The van der Waals surface area contributed by atoms with Crippen LogP contribution in [0.4, 0.5) is 0 Å². The maximum Gasteiger partial charge on any atom is 0.230 e. The van der Waals surface area contributed by atoms with E-state index >= 15 is 0 Å². The van der Waals surface area contributed by atoms with Gasteiger partial charge >= 0.3 is 0 Å². The van der Waals surface area contributed by atoms with Gasteiger partial charge in [-0.1, -0.05) is 30.3 Å². The van der Waals surface area contributed by atoms with Crippen LogP contribution >= 0.6 is 11.8 Å². The van der Waals surface area contributed by atoms with Crippen LogP contribution in [0, 0.1) is 0 Å². The summed E-state index contributed by atoms with van der Waals surface area (Å²) in [6.45, 7) is 7.05. The number of aliphatic hydroxyl groups is 1. The van der Waals surface area contributed by atoms with Crippen LogP contribution in [0.3, 0.4) is 0 Å². The lowest BCUT2D eigenvalue weighted by Gasteiger charge is -2.37. The van der Waals surface area contributed by atoms with E-state index < -0.39 is 11.1 Å². The van der Waals surface area contributed by atoms with Crippen LogP contribution in [0.5, 0.6) is 0 Å². The standard InChI is InChI=1S/C15H23NO2S/c1-14(2,15(3,4)18)16-13(17)11-19-10-12-8-6-5-7-9-12/h5-9,18H,10-11H2,1-4H3,(H,16,17). The number of carbonyl (C=O) groups is 1. The first-order valence-electron chi connectivity index (χ1n) is 6.37. The van der Waals surface area contributed by atoms with Gasteiger partial charge in [0.1, 0.15) is 0 Å². The van der Waals surface area contributed by atoms with Crippen LogP contribution in [-0.4, -0.2) is 27.9 Å². The molecule has 1 rings (SSSR count). The lowest BCUT2D eigenvalue weighted by Crippen LogP contribution is -2.58. The maximum atomic E-state index is 11.9. The summed E-state index contributed by atoms with van der Waals surface area (Å²) in [7, 11) is 0. The number of rotatable bonds is 6. The Bertz CT molecular complexity index is 410. The van der Waals surface area contributed by atoms with Crippen molar-refractivity contribution in [2.75, 3.05) is 5.75 Å². The normalized spacial score (nSPS) is 12.3. The van der Waals surface area contributed by atoms with Crippen molar-refractivity contribution >= 4 is 17.7 Å². The summed E-state index contributed by atoms with van der Waals surface area (Å²) >= 11 is 1.57. The van der Waals surface area contributed by atoms with E-state index in [4.69, 9.17) is 0 Å². The van der Waals surface area contributed by atoms with Gasteiger partial charge in [-0.15, -0.1) is 11.8 Å². The molecule has 106 valence electrons. The van der Waals surface area contributed by atoms with Gasteiger partial charge in [0, 0.05) is 5.75 Å². The molecule has 2 N–H and O–H groups in total. The van der Waals surface area contributed by atoms with Crippen LogP contribution in [0.1, 0.15) is 33.3 Å². The SMILES string of the molecule is CC(C)(O)C(C)(C)NC(=O)CSCc1ccccc1. The van der Waals surface area contributed by atoms with Crippen LogP contribution < -0.4 is 5.32 Å². The van der Waals surface area contributed by atoms with E-state index in [-0.39, 0.29) is 5.91 Å². The van der Waals surface area contributed by atoms with Gasteiger partial charge in [0.25, 0.3) is 0 Å². The van der Waals surface area contributed by atoms with Gasteiger partial charge in [0.15, 0.2) is 0 Å². The molecule has 4 heteroatoms. The zero-order chi connectivity index (χ0) is 14.5. The first-order valence-corrected chi connectivity index (χ1v) is 7.53. The Balaban J connectivity index is 2.37. The average molecular weight is 281 g/mol. The molecule has 0 atom stereocenters. The van der Waals surface area contributed by atoms with Crippen molar-refractivity contribution in [1.29, 1.82) is 0 Å². The van der Waals surface area contributed by atoms with E-state index in [1.54, 1.807) is 25.6 Å². The number of nitrogens with one attached hydrogen (secondary N) is 1. The van der Waals surface area contributed by atoms with Gasteiger partial charge in [-0.2, -0.15) is 0 Å². The average Bonchev–Trinajstić information content (AvgIpc) is 2.28. The Morgan fingerprint density at radius 1 is 1.21 bits per heavy atom. The van der Waals surface area contributed by atoms with Crippen molar-refractivity contribution in [3.8, 4) is 0 Å². The van der Waals surface area contributed by atoms with Gasteiger partial charge in [-0.05, 0) is 33.3 Å². The van der Waals surface area contributed by atoms with Crippen molar-refractivity contribution in [1.82, 2.24) is 5.32 Å². The molecular formula is C15H23NO2S. The third-order valence-electron chi connectivity index (χ3n) is 3.33. The fourth-order valence-electron chi connectivity index (χ4n) is 1.37. The van der Waals surface area contributed by atoms with Crippen molar-refractivity contribution < 1.29 is 9.90 Å². The molecule has 0 unspecified atom stereocenters. The number of thioether (sulfide) groups is 1. The molecule has 0 saturated heterocycles. The molecule has 0 aliphatic carbocycles. The van der Waals surface area contributed by atoms with Crippen LogP contribution in [0.2, 0.25) is 0 Å². The molecule has 1 aromatic rings. The van der Waals surface area contributed by atoms with E-state index in [9.17, 15) is 9.90 Å². The minimum atomic E-state index is -0.952. The quantitative estimate of drug-likeness (QED) is 0.842. The second-order valence-corrected chi connectivity index (χ2v) is 6.70. The lowest BCUT2D eigenvalue weighted by molar-refractivity contribution is -0.123. The first kappa shape index (κ1) is 16.1. The van der Waals surface area contributed by atoms with Crippen molar-refractivity contribution in [2.45, 2.75) is 44.6 Å². The third kappa shape index (κ3) is 5.25. The molecule has 0 aliphatic heterocycles. The summed E-state index contributed by atoms with van der Waals surface area (Å²) in [6, 6.07) is 10.1. The summed E-state index contributed by atoms with van der Waals surface area (Å²) in [5, 5.41) is 12.8. The lowest BCUT2D eigenvalue weighted by atomic mass is 9.86. The Hall–Kier alpha value is -1.00. The van der Waals surface area contributed by atoms with Crippen LogP contribution in [0.25, 0.3) is 0 Å². The molecule has 0 aliphatic rings. The molecule has 0 heterocycles. The number of hydrogen-bond acceptors (Lipinski definition) is 3. The van der Waals surface area contributed by atoms with Gasteiger partial charge in [0.05, 0.1) is 16.9 Å². The van der Waals surface area contributed by atoms with E-state index in [2.05, 4.69) is 5.32 Å². The Morgan fingerprint density at radius 2 is 1.79 bits per heavy atom. The molecule has 1 amide bonds. The second-order valence-electron chi connectivity index (χ2n) is 5.71. The largest absolute Gasteiger partial charge is 0.388 e. The van der Waals surface area contributed by atoms with Crippen molar-refractivity contribution in [3.05, 3.63) is 35.9 Å². The zero-order valence-electron chi connectivity index (χ0n) is 12.1. The van der Waals surface area contributed by atoms with Gasteiger partial charge in [-0.25, -0.2) is 0 Å². The minimum Gasteiger partial charge on any atom is -0.388 e. The minimum absolute atomic E-state index is 0.0481. The van der Waals surface area contributed by atoms with E-state index in [1.165, 1.54) is 5.56 Å². The molecule has 0 saturated carbocycles.